The van der Waals surface area contributed by atoms with Crippen molar-refractivity contribution in [2.45, 2.75) is 13.3 Å². The molecular weight excluding hydrogens is 520 g/mol. The molecule has 0 aliphatic rings. The van der Waals surface area contributed by atoms with Crippen LogP contribution in [0.3, 0.4) is 0 Å². The Bertz CT molecular complexity index is 1930. The second-order valence-corrected chi connectivity index (χ2v) is 10.3. The second kappa shape index (κ2) is 9.48. The predicted molar refractivity (Wildman–Crippen MR) is 150 cm³/mol. The molecule has 0 unspecified atom stereocenters. The quantitative estimate of drug-likeness (QED) is 0.276. The van der Waals surface area contributed by atoms with Gasteiger partial charge in [-0.2, -0.15) is 0 Å². The monoisotopic (exact) mass is 538 g/mol. The van der Waals surface area contributed by atoms with Gasteiger partial charge in [0, 0.05) is 34.7 Å². The number of carbonyl (C=O) groups is 1. The van der Waals surface area contributed by atoms with Crippen molar-refractivity contribution in [3.63, 3.8) is 0 Å². The van der Waals surface area contributed by atoms with Gasteiger partial charge in [0.25, 0.3) is 5.56 Å². The van der Waals surface area contributed by atoms with Crippen LogP contribution in [0.2, 0.25) is 5.02 Å². The number of pyridine rings is 3. The average Bonchev–Trinajstić information content (AvgIpc) is 3.33. The molecule has 0 atom stereocenters. The first-order chi connectivity index (χ1) is 18.4. The van der Waals surface area contributed by atoms with Crippen molar-refractivity contribution in [2.75, 3.05) is 0 Å². The molecule has 0 radical (unpaired) electrons. The van der Waals surface area contributed by atoms with E-state index in [1.807, 2.05) is 37.3 Å². The fraction of sp³-hybridized carbons (Fsp3) is 0.0690. The van der Waals surface area contributed by atoms with E-state index in [-0.39, 0.29) is 12.0 Å². The molecule has 7 nitrogen and oxygen atoms in total. The maximum atomic E-state index is 13.1. The molecule has 0 saturated carbocycles. The van der Waals surface area contributed by atoms with Gasteiger partial charge in [0.1, 0.15) is 10.8 Å². The molecule has 0 amide bonds. The third kappa shape index (κ3) is 4.23. The first-order valence-electron chi connectivity index (χ1n) is 11.7. The van der Waals surface area contributed by atoms with Crippen LogP contribution in [-0.4, -0.2) is 30.6 Å². The minimum Gasteiger partial charge on any atom is -0.481 e. The van der Waals surface area contributed by atoms with Crippen LogP contribution in [0.4, 0.5) is 0 Å². The van der Waals surface area contributed by atoms with Crippen molar-refractivity contribution in [1.82, 2.24) is 19.5 Å². The maximum absolute atomic E-state index is 13.1. The topological polar surface area (TPSA) is 98.0 Å². The lowest BCUT2D eigenvalue weighted by molar-refractivity contribution is -0.136. The van der Waals surface area contributed by atoms with Gasteiger partial charge in [-0.3, -0.25) is 19.1 Å². The molecule has 0 aliphatic carbocycles. The minimum atomic E-state index is -0.901. The molecule has 38 heavy (non-hydrogen) atoms. The summed E-state index contributed by atoms with van der Waals surface area (Å²) in [6.45, 7) is 1.90. The van der Waals surface area contributed by atoms with Crippen LogP contribution in [0, 0.1) is 6.92 Å². The minimum absolute atomic E-state index is 0.105. The molecule has 0 saturated heterocycles. The van der Waals surface area contributed by atoms with Gasteiger partial charge < -0.3 is 5.11 Å². The average molecular weight is 539 g/mol. The molecule has 0 aliphatic heterocycles. The zero-order chi connectivity index (χ0) is 26.4. The summed E-state index contributed by atoms with van der Waals surface area (Å²) in [5.41, 5.74) is 5.31. The molecule has 186 valence electrons. The molecule has 2 aromatic carbocycles. The summed E-state index contributed by atoms with van der Waals surface area (Å²) in [7, 11) is 0. The molecule has 0 spiro atoms. The number of nitrogens with zero attached hydrogens (tertiary/aromatic N) is 4. The number of rotatable bonds is 5. The Hall–Kier alpha value is -4.40. The van der Waals surface area contributed by atoms with Crippen LogP contribution < -0.4 is 5.56 Å². The van der Waals surface area contributed by atoms with E-state index in [0.29, 0.717) is 21.7 Å². The van der Waals surface area contributed by atoms with E-state index < -0.39 is 5.97 Å². The van der Waals surface area contributed by atoms with Gasteiger partial charge in [-0.25, -0.2) is 9.97 Å². The fourth-order valence-electron chi connectivity index (χ4n) is 4.60. The standard InChI is InChI=1S/C29H19ClN4O3S/c1-16-13-23-27(26(21(16)15-25(35)36)17-4-6-19(30)7-5-17)38-28(33-23)18-8-11-32-24(14-18)34-12-9-22-20(29(34)37)3-2-10-31-22/h2-14H,15H2,1H3,(H,35,36). The number of fused-ring (bicyclic) bond motifs is 2. The second-order valence-electron chi connectivity index (χ2n) is 8.82. The molecule has 4 aromatic heterocycles. The SMILES string of the molecule is Cc1cc2nc(-c3ccnc(-n4ccc5ncccc5c4=O)c3)sc2c(-c2ccc(Cl)cc2)c1CC(=O)O. The molecule has 0 fully saturated rings. The van der Waals surface area contributed by atoms with Gasteiger partial charge in [-0.05, 0) is 72.1 Å². The number of hydrogen-bond acceptors (Lipinski definition) is 6. The lowest BCUT2D eigenvalue weighted by Crippen LogP contribution is -2.18. The fourth-order valence-corrected chi connectivity index (χ4v) is 5.86. The van der Waals surface area contributed by atoms with Gasteiger partial charge in [-0.1, -0.05) is 23.7 Å². The zero-order valence-corrected chi connectivity index (χ0v) is 21.6. The third-order valence-corrected chi connectivity index (χ3v) is 7.77. The molecule has 1 N–H and O–H groups in total. The predicted octanol–water partition coefficient (Wildman–Crippen LogP) is 6.31. The summed E-state index contributed by atoms with van der Waals surface area (Å²) >= 11 is 7.60. The van der Waals surface area contributed by atoms with E-state index in [0.717, 1.165) is 43.0 Å². The van der Waals surface area contributed by atoms with E-state index >= 15 is 0 Å². The summed E-state index contributed by atoms with van der Waals surface area (Å²) in [6.07, 6.45) is 4.87. The third-order valence-electron chi connectivity index (χ3n) is 6.38. The van der Waals surface area contributed by atoms with Gasteiger partial charge in [-0.15, -0.1) is 11.3 Å². The number of halogens is 1. The number of hydrogen-bond donors (Lipinski definition) is 1. The number of carboxylic acids is 1. The summed E-state index contributed by atoms with van der Waals surface area (Å²) in [5.74, 6) is -0.430. The van der Waals surface area contributed by atoms with E-state index in [9.17, 15) is 14.7 Å². The van der Waals surface area contributed by atoms with E-state index in [1.54, 1.807) is 48.9 Å². The Balaban J connectivity index is 1.52. The molecular formula is C29H19ClN4O3S. The van der Waals surface area contributed by atoms with Gasteiger partial charge in [0.05, 0.1) is 27.5 Å². The van der Waals surface area contributed by atoms with Gasteiger partial charge in [0.2, 0.25) is 0 Å². The summed E-state index contributed by atoms with van der Waals surface area (Å²) in [6, 6.07) is 18.2. The number of thiazole rings is 1. The first-order valence-corrected chi connectivity index (χ1v) is 12.9. The number of aromatic nitrogens is 4. The Morgan fingerprint density at radius 1 is 1.00 bits per heavy atom. The van der Waals surface area contributed by atoms with Crippen LogP contribution in [0.1, 0.15) is 11.1 Å². The van der Waals surface area contributed by atoms with Crippen LogP contribution in [0.15, 0.2) is 84.0 Å². The number of carboxylic acid groups (broad SMARTS) is 1. The van der Waals surface area contributed by atoms with Crippen molar-refractivity contribution in [2.24, 2.45) is 0 Å². The van der Waals surface area contributed by atoms with Crippen molar-refractivity contribution < 1.29 is 9.90 Å². The Labute approximate surface area is 225 Å². The lowest BCUT2D eigenvalue weighted by Gasteiger charge is -2.13. The Kier molecular flexibility index (Phi) is 5.98. The largest absolute Gasteiger partial charge is 0.481 e. The highest BCUT2D eigenvalue weighted by Gasteiger charge is 2.20. The molecule has 9 heteroatoms. The highest BCUT2D eigenvalue weighted by Crippen LogP contribution is 2.41. The number of aryl methyl sites for hydroxylation is 1. The van der Waals surface area contributed by atoms with Crippen LogP contribution in [0.25, 0.3) is 48.6 Å². The Morgan fingerprint density at radius 2 is 1.82 bits per heavy atom. The first kappa shape index (κ1) is 24.0. The highest BCUT2D eigenvalue weighted by atomic mass is 35.5. The van der Waals surface area contributed by atoms with Crippen LogP contribution in [-0.2, 0) is 11.2 Å². The van der Waals surface area contributed by atoms with Crippen molar-refractivity contribution in [1.29, 1.82) is 0 Å². The van der Waals surface area contributed by atoms with E-state index in [2.05, 4.69) is 9.97 Å². The lowest BCUT2D eigenvalue weighted by atomic mass is 9.93. The zero-order valence-electron chi connectivity index (χ0n) is 20.1. The normalized spacial score (nSPS) is 11.3. The van der Waals surface area contributed by atoms with Gasteiger partial charge >= 0.3 is 5.97 Å². The van der Waals surface area contributed by atoms with E-state index in [4.69, 9.17) is 16.6 Å². The van der Waals surface area contributed by atoms with Crippen molar-refractivity contribution in [3.05, 3.63) is 106 Å². The highest BCUT2D eigenvalue weighted by molar-refractivity contribution is 7.22. The number of aliphatic carboxylic acids is 1. The Morgan fingerprint density at radius 3 is 2.61 bits per heavy atom. The summed E-state index contributed by atoms with van der Waals surface area (Å²) < 4.78 is 2.38. The molecule has 6 rings (SSSR count). The van der Waals surface area contributed by atoms with Crippen molar-refractivity contribution in [3.8, 4) is 27.5 Å². The van der Waals surface area contributed by atoms with E-state index in [1.165, 1.54) is 15.9 Å². The summed E-state index contributed by atoms with van der Waals surface area (Å²) in [4.78, 5) is 38.4. The van der Waals surface area contributed by atoms with Crippen LogP contribution in [0.5, 0.6) is 0 Å². The van der Waals surface area contributed by atoms with Crippen LogP contribution >= 0.6 is 22.9 Å². The molecule has 4 heterocycles. The smallest absolute Gasteiger partial charge is 0.307 e. The van der Waals surface area contributed by atoms with Crippen molar-refractivity contribution >= 4 is 50.0 Å². The number of benzene rings is 2. The summed E-state index contributed by atoms with van der Waals surface area (Å²) in [5, 5.41) is 11.5. The molecule has 0 bridgehead atoms. The molecule has 6 aromatic rings. The van der Waals surface area contributed by atoms with Gasteiger partial charge in [0.15, 0.2) is 0 Å². The maximum Gasteiger partial charge on any atom is 0.307 e.